The molecule has 0 saturated carbocycles. The van der Waals surface area contributed by atoms with Gasteiger partial charge < -0.3 is 14.5 Å². The molecule has 0 unspecified atom stereocenters. The fourth-order valence-corrected chi connectivity index (χ4v) is 3.43. The lowest BCUT2D eigenvalue weighted by atomic mass is 10.0. The average Bonchev–Trinajstić information content (AvgIpc) is 3.12. The first-order valence-electron chi connectivity index (χ1n) is 7.43. The fourth-order valence-electron chi connectivity index (χ4n) is 3.21. The lowest BCUT2D eigenvalue weighted by Gasteiger charge is -2.26. The number of hydrogen-bond acceptors (Lipinski definition) is 3. The van der Waals surface area contributed by atoms with Gasteiger partial charge >= 0.3 is 0 Å². The summed E-state index contributed by atoms with van der Waals surface area (Å²) in [5, 5.41) is 11.1. The van der Waals surface area contributed by atoms with Crippen LogP contribution in [0.3, 0.4) is 0 Å². The van der Waals surface area contributed by atoms with E-state index in [9.17, 15) is 0 Å². The molecule has 3 heterocycles. The molecule has 1 aliphatic rings. The van der Waals surface area contributed by atoms with Gasteiger partial charge in [0.05, 0.1) is 17.1 Å². The van der Waals surface area contributed by atoms with Crippen molar-refractivity contribution in [3.05, 3.63) is 58.1 Å². The van der Waals surface area contributed by atoms with Crippen LogP contribution in [0.15, 0.2) is 34.7 Å². The summed E-state index contributed by atoms with van der Waals surface area (Å²) in [5.74, 6) is 1.51. The lowest BCUT2D eigenvalue weighted by Crippen LogP contribution is -2.29. The van der Waals surface area contributed by atoms with Crippen LogP contribution in [0.4, 0.5) is 0 Å². The molecular weight excluding hydrogens is 300 g/mol. The van der Waals surface area contributed by atoms with Crippen LogP contribution >= 0.6 is 11.6 Å². The molecule has 1 aromatic carbocycles. The molecule has 3 aromatic rings. The summed E-state index contributed by atoms with van der Waals surface area (Å²) in [6.07, 6.45) is 0.980. The minimum atomic E-state index is -0.0505. The van der Waals surface area contributed by atoms with Gasteiger partial charge in [0, 0.05) is 30.6 Å². The van der Waals surface area contributed by atoms with E-state index in [1.807, 2.05) is 24.3 Å². The first kappa shape index (κ1) is 13.9. The summed E-state index contributed by atoms with van der Waals surface area (Å²) < 4.78 is 5.59. The molecule has 0 radical (unpaired) electrons. The number of H-pyrrole nitrogens is 1. The quantitative estimate of drug-likeness (QED) is 0.778. The van der Waals surface area contributed by atoms with Gasteiger partial charge in [-0.05, 0) is 23.8 Å². The molecule has 0 bridgehead atoms. The predicted molar refractivity (Wildman–Crippen MR) is 85.8 cm³/mol. The Labute approximate surface area is 133 Å². The number of aliphatic hydroxyl groups is 1. The molecule has 0 saturated heterocycles. The van der Waals surface area contributed by atoms with E-state index < -0.39 is 0 Å². The van der Waals surface area contributed by atoms with Gasteiger partial charge in [-0.25, -0.2) is 0 Å². The maximum Gasteiger partial charge on any atom is 0.129 e. The molecule has 0 atom stereocenters. The summed E-state index contributed by atoms with van der Waals surface area (Å²) in [7, 11) is 0. The zero-order valence-electron chi connectivity index (χ0n) is 12.1. The van der Waals surface area contributed by atoms with Crippen LogP contribution < -0.4 is 0 Å². The third kappa shape index (κ3) is 2.33. The third-order valence-electron chi connectivity index (χ3n) is 4.29. The summed E-state index contributed by atoms with van der Waals surface area (Å²) in [4.78, 5) is 5.82. The highest BCUT2D eigenvalue weighted by Crippen LogP contribution is 2.32. The van der Waals surface area contributed by atoms with E-state index in [0.717, 1.165) is 42.4 Å². The monoisotopic (exact) mass is 316 g/mol. The number of nitrogens with zero attached hydrogens (tertiary/aromatic N) is 1. The molecule has 4 nitrogen and oxygen atoms in total. The van der Waals surface area contributed by atoms with Gasteiger partial charge in [0.15, 0.2) is 0 Å². The van der Waals surface area contributed by atoms with Gasteiger partial charge in [-0.15, -0.1) is 0 Å². The highest BCUT2D eigenvalue weighted by atomic mass is 35.5. The number of rotatable bonds is 3. The Morgan fingerprint density at radius 1 is 1.23 bits per heavy atom. The van der Waals surface area contributed by atoms with Gasteiger partial charge in [0.2, 0.25) is 0 Å². The first-order valence-corrected chi connectivity index (χ1v) is 7.81. The van der Waals surface area contributed by atoms with Gasteiger partial charge in [-0.3, -0.25) is 4.90 Å². The number of aromatic nitrogens is 1. The zero-order valence-corrected chi connectivity index (χ0v) is 12.9. The van der Waals surface area contributed by atoms with E-state index in [4.69, 9.17) is 21.1 Å². The minimum Gasteiger partial charge on any atom is -0.462 e. The van der Waals surface area contributed by atoms with Crippen LogP contribution in [-0.2, 0) is 26.1 Å². The van der Waals surface area contributed by atoms with Crippen molar-refractivity contribution in [3.63, 3.8) is 0 Å². The van der Waals surface area contributed by atoms with Gasteiger partial charge in [-0.2, -0.15) is 0 Å². The van der Waals surface area contributed by atoms with Crippen molar-refractivity contribution in [3.8, 4) is 0 Å². The van der Waals surface area contributed by atoms with Crippen LogP contribution in [0.25, 0.3) is 10.9 Å². The number of fused-ring (bicyclic) bond motifs is 3. The van der Waals surface area contributed by atoms with E-state index in [-0.39, 0.29) is 6.61 Å². The topological polar surface area (TPSA) is 52.4 Å². The second-order valence-corrected chi connectivity index (χ2v) is 6.14. The normalized spacial score (nSPS) is 15.4. The Balaban J connectivity index is 1.60. The smallest absolute Gasteiger partial charge is 0.129 e. The van der Waals surface area contributed by atoms with Crippen molar-refractivity contribution in [2.45, 2.75) is 26.1 Å². The third-order valence-corrected chi connectivity index (χ3v) is 4.61. The first-order chi connectivity index (χ1) is 10.7. The Kier molecular flexibility index (Phi) is 3.45. The predicted octanol–water partition coefficient (Wildman–Crippen LogP) is 3.46. The highest BCUT2D eigenvalue weighted by Gasteiger charge is 2.22. The number of hydrogen-bond donors (Lipinski definition) is 2. The Hall–Kier alpha value is -1.75. The highest BCUT2D eigenvalue weighted by molar-refractivity contribution is 6.35. The molecule has 4 rings (SSSR count). The average molecular weight is 317 g/mol. The summed E-state index contributed by atoms with van der Waals surface area (Å²) in [5.41, 5.74) is 3.66. The maximum absolute atomic E-state index is 9.08. The number of nitrogens with one attached hydrogen (secondary N) is 1. The Morgan fingerprint density at radius 2 is 2.09 bits per heavy atom. The molecule has 0 spiro atoms. The number of benzene rings is 1. The molecule has 0 fully saturated rings. The SMILES string of the molecule is OCc1ccc(CN2CCc3[nH]c4c(Cl)cccc4c3C2)o1. The molecule has 2 aromatic heterocycles. The van der Waals surface area contributed by atoms with Crippen LogP contribution in [0.1, 0.15) is 22.8 Å². The van der Waals surface area contributed by atoms with Gasteiger partial charge in [0.25, 0.3) is 0 Å². The number of furan rings is 1. The number of halogens is 1. The van der Waals surface area contributed by atoms with Crippen molar-refractivity contribution in [2.24, 2.45) is 0 Å². The van der Waals surface area contributed by atoms with Crippen molar-refractivity contribution in [2.75, 3.05) is 6.54 Å². The van der Waals surface area contributed by atoms with Gasteiger partial charge in [0.1, 0.15) is 18.1 Å². The minimum absolute atomic E-state index is 0.0505. The largest absolute Gasteiger partial charge is 0.462 e. The van der Waals surface area contributed by atoms with Crippen molar-refractivity contribution in [1.82, 2.24) is 9.88 Å². The maximum atomic E-state index is 9.08. The molecule has 2 N–H and O–H groups in total. The molecule has 1 aliphatic heterocycles. The second kappa shape index (κ2) is 5.47. The van der Waals surface area contributed by atoms with E-state index in [2.05, 4.69) is 16.0 Å². The summed E-state index contributed by atoms with van der Waals surface area (Å²) >= 11 is 6.28. The van der Waals surface area contributed by atoms with E-state index in [1.54, 1.807) is 0 Å². The van der Waals surface area contributed by atoms with E-state index in [0.29, 0.717) is 5.76 Å². The molecule has 22 heavy (non-hydrogen) atoms. The fraction of sp³-hybridized carbons (Fsp3) is 0.294. The van der Waals surface area contributed by atoms with Crippen LogP contribution in [0, 0.1) is 0 Å². The number of aliphatic hydroxyl groups excluding tert-OH is 1. The molecule has 5 heteroatoms. The van der Waals surface area contributed by atoms with E-state index >= 15 is 0 Å². The van der Waals surface area contributed by atoms with Crippen LogP contribution in [0.5, 0.6) is 0 Å². The number of para-hydroxylation sites is 1. The second-order valence-electron chi connectivity index (χ2n) is 5.73. The molecule has 0 amide bonds. The van der Waals surface area contributed by atoms with Crippen molar-refractivity contribution in [1.29, 1.82) is 0 Å². The van der Waals surface area contributed by atoms with Crippen molar-refractivity contribution < 1.29 is 9.52 Å². The standard InChI is InChI=1S/C17H17ClN2O2/c18-15-3-1-2-13-14-9-20(7-6-16(14)19-17(13)15)8-11-4-5-12(10-21)22-11/h1-5,19,21H,6-10H2. The summed E-state index contributed by atoms with van der Waals surface area (Å²) in [6.45, 7) is 2.56. The van der Waals surface area contributed by atoms with E-state index in [1.165, 1.54) is 16.6 Å². The summed E-state index contributed by atoms with van der Waals surface area (Å²) in [6, 6.07) is 9.81. The number of aromatic amines is 1. The van der Waals surface area contributed by atoms with Crippen molar-refractivity contribution >= 4 is 22.5 Å². The zero-order chi connectivity index (χ0) is 15.1. The molecule has 0 aliphatic carbocycles. The van der Waals surface area contributed by atoms with Gasteiger partial charge in [-0.1, -0.05) is 23.7 Å². The Bertz CT molecular complexity index is 821. The van der Waals surface area contributed by atoms with Crippen LogP contribution in [-0.4, -0.2) is 21.5 Å². The Morgan fingerprint density at radius 3 is 2.91 bits per heavy atom. The molecule has 114 valence electrons. The van der Waals surface area contributed by atoms with Crippen LogP contribution in [0.2, 0.25) is 5.02 Å². The molecular formula is C17H17ClN2O2. The lowest BCUT2D eigenvalue weighted by molar-refractivity contribution is 0.208.